The zero-order valence-electron chi connectivity index (χ0n) is 8.93. The van der Waals surface area contributed by atoms with E-state index in [9.17, 15) is 8.78 Å². The fourth-order valence-electron chi connectivity index (χ4n) is 1.77. The predicted octanol–water partition coefficient (Wildman–Crippen LogP) is 5.18. The van der Waals surface area contributed by atoms with Gasteiger partial charge in [0.15, 0.2) is 0 Å². The van der Waals surface area contributed by atoms with Crippen molar-refractivity contribution in [1.82, 2.24) is 0 Å². The third kappa shape index (κ3) is 3.16. The quantitative estimate of drug-likeness (QED) is 0.671. The van der Waals surface area contributed by atoms with Crippen molar-refractivity contribution >= 4 is 11.6 Å². The van der Waals surface area contributed by atoms with Crippen LogP contribution in [-0.2, 0) is 0 Å². The smallest absolute Gasteiger partial charge is 0.205 e. The summed E-state index contributed by atoms with van der Waals surface area (Å²) in [5.74, 6) is 0.163. The highest BCUT2D eigenvalue weighted by Gasteiger charge is 2.17. The number of halogens is 3. The van der Waals surface area contributed by atoms with Gasteiger partial charge in [-0.2, -0.15) is 0 Å². The van der Waals surface area contributed by atoms with Gasteiger partial charge in [0, 0.05) is 10.6 Å². The van der Waals surface area contributed by atoms with Crippen LogP contribution in [0.1, 0.15) is 50.2 Å². The van der Waals surface area contributed by atoms with Gasteiger partial charge < -0.3 is 0 Å². The molecular formula is C12H15ClF2. The van der Waals surface area contributed by atoms with Crippen molar-refractivity contribution in [2.24, 2.45) is 0 Å². The molecule has 1 rings (SSSR count). The largest absolute Gasteiger partial charge is 0.264 e. The molecule has 0 aliphatic rings. The molecule has 0 aromatic heterocycles. The van der Waals surface area contributed by atoms with Crippen LogP contribution in [-0.4, -0.2) is 0 Å². The molecule has 84 valence electrons. The SMILES string of the molecule is CCCC(C)c1ccc(Cl)cc1C(F)F. The number of hydrogen-bond acceptors (Lipinski definition) is 0. The van der Waals surface area contributed by atoms with Gasteiger partial charge in [-0.25, -0.2) is 8.78 Å². The molecule has 0 aliphatic carbocycles. The Kier molecular flexibility index (Phi) is 4.52. The summed E-state index contributed by atoms with van der Waals surface area (Å²) in [6, 6.07) is 4.76. The minimum absolute atomic E-state index is 0.0726. The Hall–Kier alpha value is -0.630. The number of rotatable bonds is 4. The van der Waals surface area contributed by atoms with Gasteiger partial charge in [-0.05, 0) is 30.0 Å². The van der Waals surface area contributed by atoms with Crippen molar-refractivity contribution in [3.63, 3.8) is 0 Å². The first-order valence-electron chi connectivity index (χ1n) is 5.13. The molecule has 0 fully saturated rings. The van der Waals surface area contributed by atoms with Crippen molar-refractivity contribution in [2.45, 2.75) is 39.0 Å². The first kappa shape index (κ1) is 12.4. The molecule has 0 N–H and O–H groups in total. The lowest BCUT2D eigenvalue weighted by atomic mass is 9.92. The summed E-state index contributed by atoms with van der Waals surface area (Å²) in [7, 11) is 0. The van der Waals surface area contributed by atoms with Gasteiger partial charge in [0.1, 0.15) is 0 Å². The van der Waals surface area contributed by atoms with Gasteiger partial charge in [0.2, 0.25) is 0 Å². The Morgan fingerprint density at radius 2 is 1.93 bits per heavy atom. The van der Waals surface area contributed by atoms with E-state index >= 15 is 0 Å². The molecule has 0 radical (unpaired) electrons. The van der Waals surface area contributed by atoms with Crippen LogP contribution in [0.2, 0.25) is 5.02 Å². The molecular weight excluding hydrogens is 218 g/mol. The zero-order chi connectivity index (χ0) is 11.4. The Balaban J connectivity index is 3.05. The van der Waals surface area contributed by atoms with E-state index in [1.807, 2.05) is 6.92 Å². The average Bonchev–Trinajstić information content (AvgIpc) is 2.17. The van der Waals surface area contributed by atoms with E-state index in [-0.39, 0.29) is 11.5 Å². The lowest BCUT2D eigenvalue weighted by Crippen LogP contribution is -1.99. The fraction of sp³-hybridized carbons (Fsp3) is 0.500. The predicted molar refractivity (Wildman–Crippen MR) is 59.7 cm³/mol. The van der Waals surface area contributed by atoms with E-state index in [2.05, 4.69) is 6.92 Å². The number of hydrogen-bond donors (Lipinski definition) is 0. The van der Waals surface area contributed by atoms with E-state index in [0.29, 0.717) is 5.02 Å². The van der Waals surface area contributed by atoms with Crippen molar-refractivity contribution in [2.75, 3.05) is 0 Å². The maximum absolute atomic E-state index is 12.7. The maximum atomic E-state index is 12.7. The Bertz CT molecular complexity index is 323. The molecule has 0 aliphatic heterocycles. The van der Waals surface area contributed by atoms with Crippen LogP contribution in [0.25, 0.3) is 0 Å². The second-order valence-electron chi connectivity index (χ2n) is 3.76. The van der Waals surface area contributed by atoms with Crippen molar-refractivity contribution in [1.29, 1.82) is 0 Å². The summed E-state index contributed by atoms with van der Waals surface area (Å²) in [6.45, 7) is 4.02. The molecule has 1 aromatic rings. The molecule has 0 saturated heterocycles. The molecule has 1 atom stereocenters. The van der Waals surface area contributed by atoms with Gasteiger partial charge in [0.05, 0.1) is 0 Å². The summed E-state index contributed by atoms with van der Waals surface area (Å²) in [5, 5.41) is 0.373. The molecule has 15 heavy (non-hydrogen) atoms. The van der Waals surface area contributed by atoms with Crippen LogP contribution in [0.4, 0.5) is 8.78 Å². The third-order valence-electron chi connectivity index (χ3n) is 2.54. The summed E-state index contributed by atoms with van der Waals surface area (Å²) in [5.41, 5.74) is 0.791. The first-order valence-corrected chi connectivity index (χ1v) is 5.51. The van der Waals surface area contributed by atoms with Crippen LogP contribution >= 0.6 is 11.6 Å². The van der Waals surface area contributed by atoms with Crippen LogP contribution in [0, 0.1) is 0 Å². The summed E-state index contributed by atoms with van der Waals surface area (Å²) in [4.78, 5) is 0. The summed E-state index contributed by atoms with van der Waals surface area (Å²) in [6.07, 6.45) is -0.536. The highest BCUT2D eigenvalue weighted by atomic mass is 35.5. The highest BCUT2D eigenvalue weighted by molar-refractivity contribution is 6.30. The Labute approximate surface area is 94.3 Å². The molecule has 1 aromatic carbocycles. The van der Waals surface area contributed by atoms with Gasteiger partial charge >= 0.3 is 0 Å². The molecule has 1 unspecified atom stereocenters. The van der Waals surface area contributed by atoms with Crippen LogP contribution in [0.3, 0.4) is 0 Å². The molecule has 0 heterocycles. The van der Waals surface area contributed by atoms with Gasteiger partial charge in [0.25, 0.3) is 6.43 Å². The molecule has 0 nitrogen and oxygen atoms in total. The number of alkyl halides is 2. The Morgan fingerprint density at radius 3 is 2.47 bits per heavy atom. The van der Waals surface area contributed by atoms with E-state index in [0.717, 1.165) is 18.4 Å². The van der Waals surface area contributed by atoms with Crippen molar-refractivity contribution in [3.8, 4) is 0 Å². The number of benzene rings is 1. The molecule has 0 spiro atoms. The molecule has 3 heteroatoms. The third-order valence-corrected chi connectivity index (χ3v) is 2.77. The second kappa shape index (κ2) is 5.45. The van der Waals surface area contributed by atoms with Gasteiger partial charge in [-0.1, -0.05) is 37.9 Å². The first-order chi connectivity index (χ1) is 7.06. The van der Waals surface area contributed by atoms with Crippen molar-refractivity contribution < 1.29 is 8.78 Å². The molecule has 0 amide bonds. The van der Waals surface area contributed by atoms with E-state index in [4.69, 9.17) is 11.6 Å². The monoisotopic (exact) mass is 232 g/mol. The minimum atomic E-state index is -2.45. The normalized spacial score (nSPS) is 13.2. The lowest BCUT2D eigenvalue weighted by molar-refractivity contribution is 0.149. The van der Waals surface area contributed by atoms with Crippen LogP contribution in [0.15, 0.2) is 18.2 Å². The highest BCUT2D eigenvalue weighted by Crippen LogP contribution is 2.32. The fourth-order valence-corrected chi connectivity index (χ4v) is 1.95. The summed E-state index contributed by atoms with van der Waals surface area (Å²) < 4.78 is 25.5. The van der Waals surface area contributed by atoms with E-state index in [1.54, 1.807) is 12.1 Å². The molecule has 0 saturated carbocycles. The van der Waals surface area contributed by atoms with Crippen molar-refractivity contribution in [3.05, 3.63) is 34.3 Å². The zero-order valence-corrected chi connectivity index (χ0v) is 9.69. The summed E-state index contributed by atoms with van der Waals surface area (Å²) >= 11 is 5.71. The van der Waals surface area contributed by atoms with Crippen LogP contribution in [0.5, 0.6) is 0 Å². The average molecular weight is 233 g/mol. The van der Waals surface area contributed by atoms with Gasteiger partial charge in [-0.15, -0.1) is 0 Å². The van der Waals surface area contributed by atoms with E-state index in [1.165, 1.54) is 6.07 Å². The maximum Gasteiger partial charge on any atom is 0.264 e. The van der Waals surface area contributed by atoms with Crippen LogP contribution < -0.4 is 0 Å². The molecule has 0 bridgehead atoms. The Morgan fingerprint density at radius 1 is 1.27 bits per heavy atom. The topological polar surface area (TPSA) is 0 Å². The lowest BCUT2D eigenvalue weighted by Gasteiger charge is -2.15. The standard InChI is InChI=1S/C12H15ClF2/c1-3-4-8(2)10-6-5-9(13)7-11(10)12(14)15/h5-8,12H,3-4H2,1-2H3. The van der Waals surface area contributed by atoms with Gasteiger partial charge in [-0.3, -0.25) is 0 Å². The second-order valence-corrected chi connectivity index (χ2v) is 4.20. The minimum Gasteiger partial charge on any atom is -0.205 e. The van der Waals surface area contributed by atoms with E-state index < -0.39 is 6.43 Å².